The number of anilines is 2. The quantitative estimate of drug-likeness (QED) is 0.774. The van der Waals surface area contributed by atoms with Crippen LogP contribution in [0.25, 0.3) is 10.9 Å². The first-order valence-corrected chi connectivity index (χ1v) is 7.18. The fourth-order valence-electron chi connectivity index (χ4n) is 2.55. The molecule has 3 N–H and O–H groups in total. The van der Waals surface area contributed by atoms with E-state index in [1.807, 2.05) is 31.2 Å². The maximum absolute atomic E-state index is 11.4. The maximum Gasteiger partial charge on any atom is 0.337 e. The number of H-pyrrole nitrogens is 1. The van der Waals surface area contributed by atoms with Crippen LogP contribution in [0.4, 0.5) is 11.4 Å². The lowest BCUT2D eigenvalue weighted by molar-refractivity contribution is -0.354. The topological polar surface area (TPSA) is 72.7 Å². The lowest BCUT2D eigenvalue weighted by atomic mass is 10.1. The third kappa shape index (κ3) is 2.94. The summed E-state index contributed by atoms with van der Waals surface area (Å²) >= 11 is 0. The van der Waals surface area contributed by atoms with Crippen LogP contribution in [0.1, 0.15) is 16.1 Å². The van der Waals surface area contributed by atoms with Gasteiger partial charge in [-0.05, 0) is 24.3 Å². The van der Waals surface area contributed by atoms with Crippen molar-refractivity contribution in [3.05, 3.63) is 59.8 Å². The van der Waals surface area contributed by atoms with Gasteiger partial charge < -0.3 is 15.2 Å². The second kappa shape index (κ2) is 5.96. The molecule has 23 heavy (non-hydrogen) atoms. The number of carboxylic acids is 1. The molecule has 0 bridgehead atoms. The number of aromatic carboxylic acids is 1. The predicted molar refractivity (Wildman–Crippen MR) is 88.5 cm³/mol. The molecule has 1 aromatic heterocycles. The van der Waals surface area contributed by atoms with Crippen LogP contribution < -0.4 is 15.0 Å². The van der Waals surface area contributed by atoms with Crippen LogP contribution in [-0.4, -0.2) is 18.2 Å². The number of pyridine rings is 1. The molecular formula is C18H17N2O3+. The number of aryl methyl sites for hydroxylation is 1. The van der Waals surface area contributed by atoms with Gasteiger partial charge >= 0.3 is 5.97 Å². The van der Waals surface area contributed by atoms with Crippen LogP contribution in [0.15, 0.2) is 48.5 Å². The molecular weight excluding hydrogens is 292 g/mol. The molecule has 0 unspecified atom stereocenters. The molecule has 0 aliphatic heterocycles. The van der Waals surface area contributed by atoms with E-state index in [4.69, 9.17) is 4.74 Å². The third-order valence-electron chi connectivity index (χ3n) is 3.64. The molecule has 2 aromatic carbocycles. The number of methoxy groups -OCH3 is 1. The monoisotopic (exact) mass is 309 g/mol. The van der Waals surface area contributed by atoms with Gasteiger partial charge in [-0.1, -0.05) is 12.1 Å². The Morgan fingerprint density at radius 3 is 2.65 bits per heavy atom. The number of aromatic nitrogens is 1. The van der Waals surface area contributed by atoms with Crippen LogP contribution in [0.5, 0.6) is 5.75 Å². The van der Waals surface area contributed by atoms with Crippen molar-refractivity contribution >= 4 is 28.2 Å². The largest absolute Gasteiger partial charge is 0.497 e. The summed E-state index contributed by atoms with van der Waals surface area (Å²) in [6, 6.07) is 14.5. The molecule has 0 saturated carbocycles. The molecule has 3 rings (SSSR count). The van der Waals surface area contributed by atoms with Crippen LogP contribution in [0, 0.1) is 6.92 Å². The van der Waals surface area contributed by atoms with Crippen molar-refractivity contribution in [3.63, 3.8) is 0 Å². The fraction of sp³-hybridized carbons (Fsp3) is 0.111. The molecule has 0 radical (unpaired) electrons. The van der Waals surface area contributed by atoms with E-state index in [2.05, 4.69) is 10.3 Å². The van der Waals surface area contributed by atoms with Gasteiger partial charge in [0, 0.05) is 19.1 Å². The number of fused-ring (bicyclic) bond motifs is 1. The number of hydrogen-bond acceptors (Lipinski definition) is 3. The smallest absolute Gasteiger partial charge is 0.337 e. The summed E-state index contributed by atoms with van der Waals surface area (Å²) in [5.41, 5.74) is 3.52. The van der Waals surface area contributed by atoms with Crippen molar-refractivity contribution in [2.75, 3.05) is 12.4 Å². The lowest BCUT2D eigenvalue weighted by Gasteiger charge is -2.11. The van der Waals surface area contributed by atoms with Gasteiger partial charge in [-0.3, -0.25) is 0 Å². The summed E-state index contributed by atoms with van der Waals surface area (Å²) in [5, 5.41) is 13.5. The summed E-state index contributed by atoms with van der Waals surface area (Å²) in [5.74, 6) is -0.224. The summed E-state index contributed by atoms with van der Waals surface area (Å²) in [6.45, 7) is 1.96. The molecule has 3 aromatic rings. The van der Waals surface area contributed by atoms with E-state index >= 15 is 0 Å². The Morgan fingerprint density at radius 2 is 1.91 bits per heavy atom. The molecule has 0 atom stereocenters. The van der Waals surface area contributed by atoms with Gasteiger partial charge in [0.15, 0.2) is 5.69 Å². The Labute approximate surface area is 133 Å². The van der Waals surface area contributed by atoms with E-state index in [-0.39, 0.29) is 5.56 Å². The van der Waals surface area contributed by atoms with Crippen LogP contribution in [-0.2, 0) is 0 Å². The second-order valence-corrected chi connectivity index (χ2v) is 5.25. The first-order valence-electron chi connectivity index (χ1n) is 7.18. The van der Waals surface area contributed by atoms with Crippen molar-refractivity contribution in [1.29, 1.82) is 0 Å². The first-order chi connectivity index (χ1) is 11.1. The highest BCUT2D eigenvalue weighted by Crippen LogP contribution is 2.29. The summed E-state index contributed by atoms with van der Waals surface area (Å²) < 4.78 is 5.28. The van der Waals surface area contributed by atoms with Gasteiger partial charge in [-0.25, -0.2) is 9.78 Å². The Bertz CT molecular complexity index is 891. The minimum atomic E-state index is -0.964. The van der Waals surface area contributed by atoms with E-state index in [9.17, 15) is 9.90 Å². The molecule has 0 aliphatic rings. The van der Waals surface area contributed by atoms with Gasteiger partial charge in [0.2, 0.25) is 5.52 Å². The standard InChI is InChI=1S/C18H16N2O3/c1-11-9-17(14-10-12(23-2)7-8-16(14)19-11)20-15-6-4-3-5-13(15)18(21)22/h3-10H,1-2H3,(H,19,20)(H,21,22)/p+1. The summed E-state index contributed by atoms with van der Waals surface area (Å²) in [6.07, 6.45) is 0. The molecule has 0 amide bonds. The molecule has 0 saturated heterocycles. The highest BCUT2D eigenvalue weighted by molar-refractivity contribution is 5.98. The van der Waals surface area contributed by atoms with Crippen LogP contribution >= 0.6 is 0 Å². The normalized spacial score (nSPS) is 10.5. The Hall–Kier alpha value is -3.08. The van der Waals surface area contributed by atoms with Crippen molar-refractivity contribution in [2.24, 2.45) is 0 Å². The fourth-order valence-corrected chi connectivity index (χ4v) is 2.55. The Balaban J connectivity index is 2.14. The minimum Gasteiger partial charge on any atom is -0.497 e. The Morgan fingerprint density at radius 1 is 1.13 bits per heavy atom. The number of para-hydroxylation sites is 1. The average molecular weight is 309 g/mol. The number of nitrogens with one attached hydrogen (secondary N) is 2. The van der Waals surface area contributed by atoms with Gasteiger partial charge in [0.25, 0.3) is 0 Å². The SMILES string of the molecule is COc1ccc2[nH+]c(C)cc(Nc3ccccc3C(=O)O)c2c1. The molecule has 116 valence electrons. The molecule has 0 spiro atoms. The zero-order valence-electron chi connectivity index (χ0n) is 12.9. The molecule has 0 aliphatic carbocycles. The highest BCUT2D eigenvalue weighted by Gasteiger charge is 2.14. The van der Waals surface area contributed by atoms with Crippen molar-refractivity contribution in [3.8, 4) is 5.75 Å². The van der Waals surface area contributed by atoms with E-state index in [1.54, 1.807) is 31.4 Å². The number of hydrogen-bond donors (Lipinski definition) is 2. The molecule has 1 heterocycles. The van der Waals surface area contributed by atoms with Gasteiger partial charge in [0.05, 0.1) is 29.4 Å². The first kappa shape index (κ1) is 14.8. The Kier molecular flexibility index (Phi) is 3.85. The second-order valence-electron chi connectivity index (χ2n) is 5.25. The van der Waals surface area contributed by atoms with Crippen molar-refractivity contribution < 1.29 is 19.6 Å². The van der Waals surface area contributed by atoms with Gasteiger partial charge in [-0.15, -0.1) is 0 Å². The number of aromatic amines is 1. The summed E-state index contributed by atoms with van der Waals surface area (Å²) in [4.78, 5) is 14.7. The van der Waals surface area contributed by atoms with Crippen molar-refractivity contribution in [1.82, 2.24) is 0 Å². The molecule has 0 fully saturated rings. The number of benzene rings is 2. The molecule has 5 heteroatoms. The number of ether oxygens (including phenoxy) is 1. The zero-order valence-corrected chi connectivity index (χ0v) is 12.9. The summed E-state index contributed by atoms with van der Waals surface area (Å²) in [7, 11) is 1.62. The van der Waals surface area contributed by atoms with E-state index < -0.39 is 5.97 Å². The van der Waals surface area contributed by atoms with E-state index in [0.29, 0.717) is 5.69 Å². The number of carboxylic acid groups (broad SMARTS) is 1. The third-order valence-corrected chi connectivity index (χ3v) is 3.64. The number of rotatable bonds is 4. The predicted octanol–water partition coefficient (Wildman–Crippen LogP) is 3.41. The van der Waals surface area contributed by atoms with Crippen LogP contribution in [0.2, 0.25) is 0 Å². The van der Waals surface area contributed by atoms with Crippen molar-refractivity contribution in [2.45, 2.75) is 6.92 Å². The molecule has 5 nitrogen and oxygen atoms in total. The highest BCUT2D eigenvalue weighted by atomic mass is 16.5. The van der Waals surface area contributed by atoms with Gasteiger partial charge in [-0.2, -0.15) is 0 Å². The zero-order chi connectivity index (χ0) is 16.4. The lowest BCUT2D eigenvalue weighted by Crippen LogP contribution is -2.10. The average Bonchev–Trinajstić information content (AvgIpc) is 2.54. The number of carbonyl (C=O) groups is 1. The van der Waals surface area contributed by atoms with E-state index in [0.717, 1.165) is 28.0 Å². The maximum atomic E-state index is 11.4. The minimum absolute atomic E-state index is 0.231. The van der Waals surface area contributed by atoms with E-state index in [1.165, 1.54) is 0 Å². The van der Waals surface area contributed by atoms with Crippen LogP contribution in [0.3, 0.4) is 0 Å². The van der Waals surface area contributed by atoms with Gasteiger partial charge in [0.1, 0.15) is 5.75 Å².